The molecule has 0 amide bonds. The number of nitro groups is 1. The van der Waals surface area contributed by atoms with Crippen LogP contribution in [0.5, 0.6) is 0 Å². The Hall–Kier alpha value is -1.42. The van der Waals surface area contributed by atoms with Gasteiger partial charge in [-0.05, 0) is 25.8 Å². The Kier molecular flexibility index (Phi) is 4.63. The summed E-state index contributed by atoms with van der Waals surface area (Å²) in [6, 6.07) is 4.55. The van der Waals surface area contributed by atoms with Crippen molar-refractivity contribution in [2.24, 2.45) is 5.92 Å². The maximum atomic E-state index is 11.3. The third-order valence-corrected chi connectivity index (χ3v) is 3.01. The number of Topliss-reactive ketones (excluding diaryl/α,β-unsaturated/α-hetero) is 1. The van der Waals surface area contributed by atoms with E-state index in [0.717, 1.165) is 0 Å². The van der Waals surface area contributed by atoms with Crippen LogP contribution < -0.4 is 0 Å². The van der Waals surface area contributed by atoms with E-state index in [1.165, 1.54) is 13.0 Å². The summed E-state index contributed by atoms with van der Waals surface area (Å²) in [4.78, 5) is 21.7. The van der Waals surface area contributed by atoms with E-state index in [4.69, 9.17) is 11.6 Å². The van der Waals surface area contributed by atoms with E-state index in [0.29, 0.717) is 23.4 Å². The highest BCUT2D eigenvalue weighted by Gasteiger charge is 2.20. The average Bonchev–Trinajstić information content (AvgIpc) is 2.26. The van der Waals surface area contributed by atoms with Crippen LogP contribution in [-0.4, -0.2) is 10.7 Å². The van der Waals surface area contributed by atoms with Crippen LogP contribution in [0, 0.1) is 16.0 Å². The molecule has 1 unspecified atom stereocenters. The van der Waals surface area contributed by atoms with Gasteiger partial charge in [0.1, 0.15) is 5.78 Å². The number of carbonyl (C=O) groups excluding carboxylic acids is 1. The number of hydrogen-bond acceptors (Lipinski definition) is 3. The van der Waals surface area contributed by atoms with Crippen molar-refractivity contribution in [2.75, 3.05) is 0 Å². The van der Waals surface area contributed by atoms with Gasteiger partial charge in [-0.2, -0.15) is 0 Å². The summed E-state index contributed by atoms with van der Waals surface area (Å²) in [7, 11) is 0. The van der Waals surface area contributed by atoms with Crippen molar-refractivity contribution in [1.29, 1.82) is 0 Å². The molecule has 1 atom stereocenters. The molecule has 0 aliphatic carbocycles. The number of nitro benzene ring substituents is 1. The number of ketones is 1. The van der Waals surface area contributed by atoms with Crippen molar-refractivity contribution in [3.63, 3.8) is 0 Å². The van der Waals surface area contributed by atoms with Crippen LogP contribution in [0.2, 0.25) is 5.02 Å². The minimum Gasteiger partial charge on any atom is -0.300 e. The predicted octanol–water partition coefficient (Wildman–Crippen LogP) is 3.41. The Morgan fingerprint density at radius 2 is 2.18 bits per heavy atom. The SMILES string of the molecule is CCC(Cc1ccc(Cl)cc1[N+](=O)[O-])C(C)=O. The minimum atomic E-state index is -0.464. The molecule has 1 aromatic carbocycles. The molecule has 1 aromatic rings. The summed E-state index contributed by atoms with van der Waals surface area (Å²) in [5.74, 6) is -0.119. The van der Waals surface area contributed by atoms with E-state index >= 15 is 0 Å². The summed E-state index contributed by atoms with van der Waals surface area (Å²) >= 11 is 5.72. The maximum Gasteiger partial charge on any atom is 0.274 e. The van der Waals surface area contributed by atoms with Gasteiger partial charge in [0, 0.05) is 22.6 Å². The van der Waals surface area contributed by atoms with Gasteiger partial charge in [0.2, 0.25) is 0 Å². The predicted molar refractivity (Wildman–Crippen MR) is 66.3 cm³/mol. The van der Waals surface area contributed by atoms with E-state index in [-0.39, 0.29) is 17.4 Å². The van der Waals surface area contributed by atoms with Crippen LogP contribution in [0.3, 0.4) is 0 Å². The van der Waals surface area contributed by atoms with Crippen molar-refractivity contribution in [3.8, 4) is 0 Å². The summed E-state index contributed by atoms with van der Waals surface area (Å²) in [5.41, 5.74) is 0.540. The first kappa shape index (κ1) is 13.6. The molecule has 0 saturated carbocycles. The summed E-state index contributed by atoms with van der Waals surface area (Å²) < 4.78 is 0. The van der Waals surface area contributed by atoms with E-state index < -0.39 is 4.92 Å². The van der Waals surface area contributed by atoms with Crippen LogP contribution in [0.4, 0.5) is 5.69 Å². The summed E-state index contributed by atoms with van der Waals surface area (Å²) in [6.07, 6.45) is 1.06. The molecular formula is C12H14ClNO3. The monoisotopic (exact) mass is 255 g/mol. The number of benzene rings is 1. The summed E-state index contributed by atoms with van der Waals surface area (Å²) in [5, 5.41) is 11.2. The number of nitrogens with zero attached hydrogens (tertiary/aromatic N) is 1. The van der Waals surface area contributed by atoms with Crippen LogP contribution in [0.15, 0.2) is 18.2 Å². The lowest BCUT2D eigenvalue weighted by atomic mass is 9.93. The first-order valence-corrected chi connectivity index (χ1v) is 5.76. The molecule has 1 rings (SSSR count). The molecule has 0 heterocycles. The molecule has 0 aliphatic heterocycles. The Morgan fingerprint density at radius 3 is 2.65 bits per heavy atom. The van der Waals surface area contributed by atoms with E-state index in [1.807, 2.05) is 6.92 Å². The highest BCUT2D eigenvalue weighted by Crippen LogP contribution is 2.26. The Bertz CT molecular complexity index is 445. The first-order valence-electron chi connectivity index (χ1n) is 5.39. The topological polar surface area (TPSA) is 60.2 Å². The number of carbonyl (C=O) groups is 1. The Labute approximate surface area is 105 Å². The zero-order chi connectivity index (χ0) is 13.0. The minimum absolute atomic E-state index is 0.0165. The van der Waals surface area contributed by atoms with Gasteiger partial charge in [0.05, 0.1) is 4.92 Å². The average molecular weight is 256 g/mol. The van der Waals surface area contributed by atoms with Crippen LogP contribution >= 0.6 is 11.6 Å². The molecule has 17 heavy (non-hydrogen) atoms. The van der Waals surface area contributed by atoms with Crippen molar-refractivity contribution >= 4 is 23.1 Å². The van der Waals surface area contributed by atoms with Gasteiger partial charge >= 0.3 is 0 Å². The second-order valence-electron chi connectivity index (χ2n) is 3.95. The smallest absolute Gasteiger partial charge is 0.274 e. The highest BCUT2D eigenvalue weighted by molar-refractivity contribution is 6.30. The zero-order valence-electron chi connectivity index (χ0n) is 9.77. The molecule has 0 spiro atoms. The standard InChI is InChI=1S/C12H14ClNO3/c1-3-9(8(2)15)6-10-4-5-11(13)7-12(10)14(16)17/h4-5,7,9H,3,6H2,1-2H3. The van der Waals surface area contributed by atoms with Crippen molar-refractivity contribution in [3.05, 3.63) is 38.9 Å². The van der Waals surface area contributed by atoms with Gasteiger partial charge in [0.25, 0.3) is 5.69 Å². The lowest BCUT2D eigenvalue weighted by Gasteiger charge is -2.11. The van der Waals surface area contributed by atoms with Crippen LogP contribution in [-0.2, 0) is 11.2 Å². The fourth-order valence-corrected chi connectivity index (χ4v) is 1.89. The molecule has 0 fully saturated rings. The van der Waals surface area contributed by atoms with Gasteiger partial charge < -0.3 is 0 Å². The quantitative estimate of drug-likeness (QED) is 0.598. The molecule has 5 heteroatoms. The van der Waals surface area contributed by atoms with Crippen molar-refractivity contribution < 1.29 is 9.72 Å². The molecule has 0 aromatic heterocycles. The molecule has 0 bridgehead atoms. The second-order valence-corrected chi connectivity index (χ2v) is 4.39. The summed E-state index contributed by atoms with van der Waals surface area (Å²) in [6.45, 7) is 3.41. The van der Waals surface area contributed by atoms with Gasteiger partial charge in [-0.3, -0.25) is 14.9 Å². The molecule has 0 saturated heterocycles. The van der Waals surface area contributed by atoms with Crippen molar-refractivity contribution in [2.45, 2.75) is 26.7 Å². The normalized spacial score (nSPS) is 12.2. The third-order valence-electron chi connectivity index (χ3n) is 2.78. The van der Waals surface area contributed by atoms with Crippen molar-refractivity contribution in [1.82, 2.24) is 0 Å². The molecule has 4 nitrogen and oxygen atoms in total. The fourth-order valence-electron chi connectivity index (χ4n) is 1.72. The molecule has 0 radical (unpaired) electrons. The largest absolute Gasteiger partial charge is 0.300 e. The second kappa shape index (κ2) is 5.77. The molecule has 0 N–H and O–H groups in total. The van der Waals surface area contributed by atoms with E-state index in [1.54, 1.807) is 12.1 Å². The van der Waals surface area contributed by atoms with E-state index in [2.05, 4.69) is 0 Å². The Morgan fingerprint density at radius 1 is 1.53 bits per heavy atom. The van der Waals surface area contributed by atoms with Gasteiger partial charge in [0.15, 0.2) is 0 Å². The maximum absolute atomic E-state index is 11.3. The number of rotatable bonds is 5. The Balaban J connectivity index is 3.05. The number of hydrogen-bond donors (Lipinski definition) is 0. The number of halogens is 1. The van der Waals surface area contributed by atoms with Crippen LogP contribution in [0.25, 0.3) is 0 Å². The van der Waals surface area contributed by atoms with Gasteiger partial charge in [-0.15, -0.1) is 0 Å². The van der Waals surface area contributed by atoms with Crippen LogP contribution in [0.1, 0.15) is 25.8 Å². The molecule has 92 valence electrons. The molecule has 0 aliphatic rings. The first-order chi connectivity index (χ1) is 7.95. The lowest BCUT2D eigenvalue weighted by molar-refractivity contribution is -0.385. The van der Waals surface area contributed by atoms with Gasteiger partial charge in [-0.1, -0.05) is 24.6 Å². The molecular weight excluding hydrogens is 242 g/mol. The van der Waals surface area contributed by atoms with E-state index in [9.17, 15) is 14.9 Å². The highest BCUT2D eigenvalue weighted by atomic mass is 35.5. The lowest BCUT2D eigenvalue weighted by Crippen LogP contribution is -2.13. The zero-order valence-corrected chi connectivity index (χ0v) is 10.5. The van der Waals surface area contributed by atoms with Gasteiger partial charge in [-0.25, -0.2) is 0 Å². The third kappa shape index (κ3) is 3.53. The fraction of sp³-hybridized carbons (Fsp3) is 0.417.